The van der Waals surface area contributed by atoms with Crippen LogP contribution in [0.15, 0.2) is 224 Å². The van der Waals surface area contributed by atoms with Crippen LogP contribution in [0.3, 0.4) is 0 Å². The Hall–Kier alpha value is -8.41. The summed E-state index contributed by atoms with van der Waals surface area (Å²) in [7, 11) is 0. The zero-order chi connectivity index (χ0) is 41.0. The molecule has 0 N–H and O–H groups in total. The van der Waals surface area contributed by atoms with Crippen LogP contribution in [-0.2, 0) is 0 Å². The Kier molecular flexibility index (Phi) is 8.42. The van der Waals surface area contributed by atoms with E-state index in [9.17, 15) is 0 Å². The zero-order valence-corrected chi connectivity index (χ0v) is 33.6. The van der Waals surface area contributed by atoms with E-state index in [0.717, 1.165) is 39.1 Å². The van der Waals surface area contributed by atoms with Crippen LogP contribution in [0, 0.1) is 0 Å². The summed E-state index contributed by atoms with van der Waals surface area (Å²) in [6.07, 6.45) is 0. The first kappa shape index (κ1) is 35.5. The lowest BCUT2D eigenvalue weighted by atomic mass is 10.0. The highest BCUT2D eigenvalue weighted by Gasteiger charge is 2.21. The number of hydrogen-bond donors (Lipinski definition) is 0. The van der Waals surface area contributed by atoms with E-state index in [-0.39, 0.29) is 0 Å². The second-order valence-corrected chi connectivity index (χ2v) is 15.6. The van der Waals surface area contributed by atoms with Crippen molar-refractivity contribution >= 4 is 43.6 Å². The molecule has 62 heavy (non-hydrogen) atoms. The normalized spacial score (nSPS) is 11.5. The number of fused-ring (bicyclic) bond motifs is 7. The molecule has 12 rings (SSSR count). The number of para-hydroxylation sites is 2. The van der Waals surface area contributed by atoms with Gasteiger partial charge in [-0.3, -0.25) is 0 Å². The van der Waals surface area contributed by atoms with Crippen LogP contribution < -0.4 is 0 Å². The van der Waals surface area contributed by atoms with Crippen LogP contribution in [0.4, 0.5) is 0 Å². The first-order chi connectivity index (χ1) is 30.7. The molecule has 5 heteroatoms. The SMILES string of the molecule is c1ccc(-c2ccc(-c3ccc(-n4c5ccccc5c5ccc6c7ccccc7n(-c7ccc(-c8nc(-c9ccccc9)nc(-c9ccccc9)n8)cc7)c6c54)cc3)cc2)cc1. The molecule has 0 atom stereocenters. The molecule has 12 aromatic rings. The van der Waals surface area contributed by atoms with Crippen molar-refractivity contribution in [3.8, 4) is 67.8 Å². The van der Waals surface area contributed by atoms with Crippen molar-refractivity contribution in [2.24, 2.45) is 0 Å². The lowest BCUT2D eigenvalue weighted by Gasteiger charge is -2.14. The summed E-state index contributed by atoms with van der Waals surface area (Å²) in [4.78, 5) is 14.9. The Morgan fingerprint density at radius 1 is 0.226 bits per heavy atom. The van der Waals surface area contributed by atoms with Gasteiger partial charge in [0.25, 0.3) is 0 Å². The highest BCUT2D eigenvalue weighted by molar-refractivity contribution is 6.23. The van der Waals surface area contributed by atoms with E-state index < -0.39 is 0 Å². The van der Waals surface area contributed by atoms with Crippen LogP contribution in [0.5, 0.6) is 0 Å². The molecule has 0 spiro atoms. The zero-order valence-electron chi connectivity index (χ0n) is 33.6. The molecular weight excluding hydrogens is 755 g/mol. The predicted molar refractivity (Wildman–Crippen MR) is 256 cm³/mol. The van der Waals surface area contributed by atoms with Crippen molar-refractivity contribution in [1.82, 2.24) is 24.1 Å². The summed E-state index contributed by atoms with van der Waals surface area (Å²) < 4.78 is 4.87. The van der Waals surface area contributed by atoms with Gasteiger partial charge in [0.15, 0.2) is 17.5 Å². The van der Waals surface area contributed by atoms with E-state index in [4.69, 9.17) is 15.0 Å². The van der Waals surface area contributed by atoms with Crippen molar-refractivity contribution in [2.75, 3.05) is 0 Å². The van der Waals surface area contributed by atoms with E-state index in [1.807, 2.05) is 60.7 Å². The van der Waals surface area contributed by atoms with Gasteiger partial charge in [0, 0.05) is 49.6 Å². The first-order valence-electron chi connectivity index (χ1n) is 20.9. The molecule has 9 aromatic carbocycles. The molecule has 0 aliphatic rings. The third-order valence-corrected chi connectivity index (χ3v) is 12.0. The first-order valence-corrected chi connectivity index (χ1v) is 20.9. The molecule has 3 heterocycles. The molecule has 0 fully saturated rings. The van der Waals surface area contributed by atoms with Gasteiger partial charge in [-0.25, -0.2) is 15.0 Å². The van der Waals surface area contributed by atoms with Gasteiger partial charge < -0.3 is 9.13 Å². The largest absolute Gasteiger partial charge is 0.307 e. The van der Waals surface area contributed by atoms with Crippen molar-refractivity contribution in [3.05, 3.63) is 224 Å². The third-order valence-electron chi connectivity index (χ3n) is 12.0. The summed E-state index contributed by atoms with van der Waals surface area (Å²) in [5, 5.41) is 4.84. The summed E-state index contributed by atoms with van der Waals surface area (Å²) in [5.74, 6) is 1.92. The quantitative estimate of drug-likeness (QED) is 0.162. The maximum absolute atomic E-state index is 5.01. The number of aromatic nitrogens is 5. The molecule has 0 radical (unpaired) electrons. The third kappa shape index (κ3) is 5.98. The smallest absolute Gasteiger partial charge is 0.164 e. The van der Waals surface area contributed by atoms with Gasteiger partial charge in [-0.15, -0.1) is 0 Å². The number of rotatable bonds is 7. The average molecular weight is 792 g/mol. The Balaban J connectivity index is 1.01. The maximum Gasteiger partial charge on any atom is 0.164 e. The van der Waals surface area contributed by atoms with Crippen LogP contribution in [0.2, 0.25) is 0 Å². The molecule has 0 bridgehead atoms. The van der Waals surface area contributed by atoms with Gasteiger partial charge in [-0.05, 0) is 70.8 Å². The van der Waals surface area contributed by atoms with Gasteiger partial charge in [0.2, 0.25) is 0 Å². The molecule has 0 aliphatic carbocycles. The average Bonchev–Trinajstić information content (AvgIpc) is 3.88. The van der Waals surface area contributed by atoms with E-state index in [1.54, 1.807) is 0 Å². The van der Waals surface area contributed by atoms with E-state index in [0.29, 0.717) is 17.5 Å². The molecular formula is C57H37N5. The van der Waals surface area contributed by atoms with Gasteiger partial charge in [-0.1, -0.05) is 176 Å². The highest BCUT2D eigenvalue weighted by Crippen LogP contribution is 2.42. The minimum atomic E-state index is 0.629. The second-order valence-electron chi connectivity index (χ2n) is 15.6. The Bertz CT molecular complexity index is 3520. The van der Waals surface area contributed by atoms with E-state index in [2.05, 4.69) is 173 Å². The number of nitrogens with zero attached hydrogens (tertiary/aromatic N) is 5. The van der Waals surface area contributed by atoms with Crippen molar-refractivity contribution < 1.29 is 0 Å². The summed E-state index contributed by atoms with van der Waals surface area (Å²) in [6, 6.07) is 79.4. The Morgan fingerprint density at radius 2 is 0.516 bits per heavy atom. The van der Waals surface area contributed by atoms with E-state index >= 15 is 0 Å². The fourth-order valence-corrected chi connectivity index (χ4v) is 9.02. The molecule has 0 saturated heterocycles. The lowest BCUT2D eigenvalue weighted by Crippen LogP contribution is -2.01. The van der Waals surface area contributed by atoms with Gasteiger partial charge in [-0.2, -0.15) is 0 Å². The topological polar surface area (TPSA) is 48.5 Å². The van der Waals surface area contributed by atoms with Crippen molar-refractivity contribution in [1.29, 1.82) is 0 Å². The van der Waals surface area contributed by atoms with Gasteiger partial charge in [0.1, 0.15) is 0 Å². The molecule has 5 nitrogen and oxygen atoms in total. The van der Waals surface area contributed by atoms with Crippen LogP contribution >= 0.6 is 0 Å². The summed E-state index contributed by atoms with van der Waals surface area (Å²) in [6.45, 7) is 0. The Morgan fingerprint density at radius 3 is 0.919 bits per heavy atom. The highest BCUT2D eigenvalue weighted by atomic mass is 15.1. The van der Waals surface area contributed by atoms with Gasteiger partial charge >= 0.3 is 0 Å². The lowest BCUT2D eigenvalue weighted by molar-refractivity contribution is 1.07. The second kappa shape index (κ2) is 14.7. The van der Waals surface area contributed by atoms with Crippen molar-refractivity contribution in [3.63, 3.8) is 0 Å². The molecule has 0 amide bonds. The predicted octanol–water partition coefficient (Wildman–Crippen LogP) is 14.4. The van der Waals surface area contributed by atoms with E-state index in [1.165, 1.54) is 54.8 Å². The molecule has 290 valence electrons. The molecule has 0 saturated carbocycles. The van der Waals surface area contributed by atoms with Crippen LogP contribution in [-0.4, -0.2) is 24.1 Å². The van der Waals surface area contributed by atoms with Crippen LogP contribution in [0.25, 0.3) is 111 Å². The summed E-state index contributed by atoms with van der Waals surface area (Å²) >= 11 is 0. The standard InChI is InChI=1S/C57H37N5/c1-4-14-38(15-5-1)39-24-26-40(27-25-39)41-28-32-45(33-29-41)61-51-22-12-10-20-47(51)49-36-37-50-48-21-11-13-23-52(48)62(54(50)53(49)61)46-34-30-44(31-35-46)57-59-55(42-16-6-2-7-17-42)58-56(60-57)43-18-8-3-9-19-43/h1-37H. The molecule has 0 aliphatic heterocycles. The Labute approximate surface area is 358 Å². The minimum Gasteiger partial charge on any atom is -0.307 e. The summed E-state index contributed by atoms with van der Waals surface area (Å²) in [5.41, 5.74) is 14.4. The van der Waals surface area contributed by atoms with Gasteiger partial charge in [0.05, 0.1) is 22.1 Å². The molecule has 0 unspecified atom stereocenters. The van der Waals surface area contributed by atoms with Crippen molar-refractivity contribution in [2.45, 2.75) is 0 Å². The number of hydrogen-bond acceptors (Lipinski definition) is 3. The minimum absolute atomic E-state index is 0.629. The fourth-order valence-electron chi connectivity index (χ4n) is 9.02. The molecule has 3 aromatic heterocycles. The fraction of sp³-hybridized carbons (Fsp3) is 0. The monoisotopic (exact) mass is 791 g/mol. The number of benzene rings is 9. The van der Waals surface area contributed by atoms with Crippen LogP contribution in [0.1, 0.15) is 0 Å². The maximum atomic E-state index is 5.01.